The molecule has 0 aliphatic heterocycles. The molecule has 0 aromatic heterocycles. The van der Waals surface area contributed by atoms with E-state index in [-0.39, 0.29) is 19.3 Å². The number of carbonyl (C=O) groups is 1. The summed E-state index contributed by atoms with van der Waals surface area (Å²) in [7, 11) is -2.24. The van der Waals surface area contributed by atoms with Crippen LogP contribution in [0.15, 0.2) is 11.6 Å². The lowest BCUT2D eigenvalue weighted by Crippen LogP contribution is -2.51. The maximum Gasteiger partial charge on any atom is 0.697 e. The third-order valence-corrected chi connectivity index (χ3v) is 11.9. The summed E-state index contributed by atoms with van der Waals surface area (Å²) < 4.78 is 27.5. The molecule has 6 heteroatoms. The van der Waals surface area contributed by atoms with Gasteiger partial charge in [-0.2, -0.15) is 0 Å². The number of aldehydes is 1. The molecule has 210 valence electrons. The Morgan fingerprint density at radius 3 is 2.59 bits per heavy atom. The second kappa shape index (κ2) is 12.7. The van der Waals surface area contributed by atoms with Crippen LogP contribution in [0.2, 0.25) is 0 Å². The molecule has 0 spiro atoms. The van der Waals surface area contributed by atoms with Gasteiger partial charge in [0.05, 0.1) is 12.7 Å². The summed E-state index contributed by atoms with van der Waals surface area (Å²) in [5.74, 6) is 5.17. The molecule has 0 heterocycles. The molecule has 3 fully saturated rings. The van der Waals surface area contributed by atoms with Gasteiger partial charge < -0.3 is 9.53 Å². The van der Waals surface area contributed by atoms with Crippen LogP contribution in [0, 0.1) is 46.3 Å². The minimum Gasteiger partial charge on any atom is -0.375 e. The first-order valence-electron chi connectivity index (χ1n) is 15.2. The van der Waals surface area contributed by atoms with Crippen molar-refractivity contribution in [1.29, 1.82) is 0 Å². The summed E-state index contributed by atoms with van der Waals surface area (Å²) in [6.45, 7) is 12.9. The molecule has 0 aromatic rings. The van der Waals surface area contributed by atoms with Crippen molar-refractivity contribution in [2.75, 3.05) is 19.8 Å². The molecule has 9 atom stereocenters. The number of hydrogen-bond donors (Lipinski definition) is 0. The molecule has 4 aliphatic rings. The van der Waals surface area contributed by atoms with Crippen LogP contribution >= 0.6 is 8.25 Å². The van der Waals surface area contributed by atoms with Gasteiger partial charge in [0, 0.05) is 4.57 Å². The third kappa shape index (κ3) is 6.42. The Bertz CT molecular complexity index is 826. The molecule has 5 nitrogen and oxygen atoms in total. The van der Waals surface area contributed by atoms with E-state index < -0.39 is 8.25 Å². The van der Waals surface area contributed by atoms with Crippen LogP contribution in [-0.2, 0) is 23.1 Å². The molecule has 4 rings (SSSR count). The van der Waals surface area contributed by atoms with Crippen molar-refractivity contribution in [3.63, 3.8) is 0 Å². The SMILES string of the molecule is CC(C)CCC[C@@H](C)[C@H]1CC[C@H]2[C@@H]3CC=C4C[C@@H](OCCO[P+](=O)OCC=O)CC[C@]4(C)[C@H]3CC[C@]12C. The first-order valence-corrected chi connectivity index (χ1v) is 16.3. The monoisotopic (exact) mass is 535 g/mol. The van der Waals surface area contributed by atoms with Crippen LogP contribution in [-0.4, -0.2) is 32.2 Å². The molecule has 0 N–H and O–H groups in total. The van der Waals surface area contributed by atoms with Crippen LogP contribution < -0.4 is 0 Å². The van der Waals surface area contributed by atoms with Gasteiger partial charge in [-0.05, 0) is 97.7 Å². The maximum atomic E-state index is 11.5. The molecule has 0 amide bonds. The Labute approximate surface area is 226 Å². The molecule has 0 aromatic carbocycles. The van der Waals surface area contributed by atoms with Gasteiger partial charge in [0.25, 0.3) is 0 Å². The van der Waals surface area contributed by atoms with E-state index >= 15 is 0 Å². The largest absolute Gasteiger partial charge is 0.697 e. The van der Waals surface area contributed by atoms with Gasteiger partial charge in [0.15, 0.2) is 12.9 Å². The molecule has 3 saturated carbocycles. The second-order valence-corrected chi connectivity index (χ2v) is 14.5. The van der Waals surface area contributed by atoms with Crippen LogP contribution in [0.25, 0.3) is 0 Å². The van der Waals surface area contributed by atoms with Crippen molar-refractivity contribution >= 4 is 14.5 Å². The average Bonchev–Trinajstić information content (AvgIpc) is 3.22. The fourth-order valence-electron chi connectivity index (χ4n) is 9.25. The topological polar surface area (TPSA) is 61.8 Å². The molecule has 0 saturated heterocycles. The van der Waals surface area contributed by atoms with Gasteiger partial charge >= 0.3 is 8.25 Å². The predicted molar refractivity (Wildman–Crippen MR) is 148 cm³/mol. The molecular formula is C31H52O5P+. The average molecular weight is 536 g/mol. The first kappa shape index (κ1) is 29.4. The van der Waals surface area contributed by atoms with Crippen molar-refractivity contribution in [3.05, 3.63) is 11.6 Å². The second-order valence-electron chi connectivity index (χ2n) is 13.5. The van der Waals surface area contributed by atoms with Crippen LogP contribution in [0.1, 0.15) is 105 Å². The minimum atomic E-state index is -2.24. The summed E-state index contributed by atoms with van der Waals surface area (Å²) >= 11 is 0. The van der Waals surface area contributed by atoms with E-state index in [0.717, 1.165) is 48.3 Å². The van der Waals surface area contributed by atoms with Gasteiger partial charge in [-0.25, -0.2) is 0 Å². The van der Waals surface area contributed by atoms with E-state index in [1.54, 1.807) is 5.57 Å². The number of hydrogen-bond acceptors (Lipinski definition) is 5. The number of carbonyl (C=O) groups excluding carboxylic acids is 1. The quantitative estimate of drug-likeness (QED) is 0.103. The fraction of sp³-hybridized carbons (Fsp3) is 0.903. The van der Waals surface area contributed by atoms with Gasteiger partial charge in [0.2, 0.25) is 0 Å². The molecular weight excluding hydrogens is 483 g/mol. The van der Waals surface area contributed by atoms with Gasteiger partial charge in [0.1, 0.15) is 6.61 Å². The number of ether oxygens (including phenoxy) is 1. The van der Waals surface area contributed by atoms with Gasteiger partial charge in [-0.15, -0.1) is 9.05 Å². The fourth-order valence-corrected chi connectivity index (χ4v) is 9.73. The number of rotatable bonds is 13. The lowest BCUT2D eigenvalue weighted by Gasteiger charge is -2.58. The standard InChI is InChI=1S/C31H52O5P/c1-22(2)7-6-8-23(3)27-11-12-28-26-10-9-24-21-25(34-19-20-36-37(33)35-18-17-32)13-15-30(24,4)29(26)14-16-31(27,28)5/h9,17,22-23,25-29H,6-8,10-16,18-21H2,1-5H3/q+1/t23-,25+,26+,27-,28+,29+,30+,31-/m1/s1. The first-order chi connectivity index (χ1) is 17.7. The van der Waals surface area contributed by atoms with E-state index in [1.165, 1.54) is 57.8 Å². The van der Waals surface area contributed by atoms with E-state index in [0.29, 0.717) is 23.7 Å². The highest BCUT2D eigenvalue weighted by molar-refractivity contribution is 7.33. The van der Waals surface area contributed by atoms with Crippen molar-refractivity contribution in [1.82, 2.24) is 0 Å². The molecule has 37 heavy (non-hydrogen) atoms. The maximum absolute atomic E-state index is 11.5. The number of allylic oxidation sites excluding steroid dienone is 1. The normalized spacial score (nSPS) is 38.4. The van der Waals surface area contributed by atoms with E-state index in [4.69, 9.17) is 13.8 Å². The van der Waals surface area contributed by atoms with Crippen LogP contribution in [0.4, 0.5) is 0 Å². The molecule has 0 bridgehead atoms. The molecule has 0 radical (unpaired) electrons. The van der Waals surface area contributed by atoms with E-state index in [1.807, 2.05) is 0 Å². The lowest BCUT2D eigenvalue weighted by atomic mass is 9.47. The highest BCUT2D eigenvalue weighted by Crippen LogP contribution is 2.67. The summed E-state index contributed by atoms with van der Waals surface area (Å²) in [6.07, 6.45) is 17.9. The van der Waals surface area contributed by atoms with E-state index in [2.05, 4.69) is 40.7 Å². The Balaban J connectivity index is 1.32. The van der Waals surface area contributed by atoms with Gasteiger partial charge in [-0.3, -0.25) is 0 Å². The highest BCUT2D eigenvalue weighted by Gasteiger charge is 2.59. The summed E-state index contributed by atoms with van der Waals surface area (Å²) in [5.41, 5.74) is 2.50. The Morgan fingerprint density at radius 2 is 1.84 bits per heavy atom. The smallest absolute Gasteiger partial charge is 0.375 e. The van der Waals surface area contributed by atoms with Gasteiger partial charge in [-0.1, -0.05) is 65.5 Å². The minimum absolute atomic E-state index is 0.203. The van der Waals surface area contributed by atoms with Crippen LogP contribution in [0.3, 0.4) is 0 Å². The Morgan fingerprint density at radius 1 is 1.03 bits per heavy atom. The van der Waals surface area contributed by atoms with Crippen molar-refractivity contribution < 1.29 is 23.1 Å². The zero-order valence-corrected chi connectivity index (χ0v) is 25.0. The molecule has 1 unspecified atom stereocenters. The Hall–Kier alpha value is -0.610. The van der Waals surface area contributed by atoms with Crippen molar-refractivity contribution in [2.45, 2.75) is 111 Å². The summed E-state index contributed by atoms with van der Waals surface area (Å²) in [4.78, 5) is 10.3. The summed E-state index contributed by atoms with van der Waals surface area (Å²) in [6, 6.07) is 0. The predicted octanol–water partition coefficient (Wildman–Crippen LogP) is 8.30. The lowest BCUT2D eigenvalue weighted by molar-refractivity contribution is -0.109. The highest BCUT2D eigenvalue weighted by atomic mass is 31.1. The zero-order chi connectivity index (χ0) is 26.6. The van der Waals surface area contributed by atoms with E-state index in [9.17, 15) is 9.36 Å². The number of fused-ring (bicyclic) bond motifs is 5. The Kier molecular flexibility index (Phi) is 10.1. The van der Waals surface area contributed by atoms with Crippen molar-refractivity contribution in [3.8, 4) is 0 Å². The van der Waals surface area contributed by atoms with Crippen molar-refractivity contribution in [2.24, 2.45) is 46.3 Å². The zero-order valence-electron chi connectivity index (χ0n) is 24.1. The molecule has 4 aliphatic carbocycles. The van der Waals surface area contributed by atoms with Crippen LogP contribution in [0.5, 0.6) is 0 Å². The third-order valence-electron chi connectivity index (χ3n) is 11.1. The summed E-state index contributed by atoms with van der Waals surface area (Å²) in [5, 5.41) is 0.